The van der Waals surface area contributed by atoms with Crippen LogP contribution in [-0.2, 0) is 0 Å². The van der Waals surface area contributed by atoms with Gasteiger partial charge in [0.1, 0.15) is 0 Å². The minimum atomic E-state index is 1.04. The topological polar surface area (TPSA) is 0 Å². The van der Waals surface area contributed by atoms with E-state index >= 15 is 0 Å². The molecule has 0 saturated heterocycles. The zero-order valence-electron chi connectivity index (χ0n) is 10.3. The lowest BCUT2D eigenvalue weighted by Gasteiger charge is -2.04. The quantitative estimate of drug-likeness (QED) is 0.569. The minimum absolute atomic E-state index is 1.04. The van der Waals surface area contributed by atoms with E-state index in [4.69, 9.17) is 0 Å². The molecule has 0 amide bonds. The van der Waals surface area contributed by atoms with Gasteiger partial charge < -0.3 is 0 Å². The molecule has 0 aliphatic heterocycles. The second-order valence-electron chi connectivity index (χ2n) is 4.27. The largest absolute Gasteiger partial charge is 0.0991 e. The molecule has 1 aliphatic carbocycles. The van der Waals surface area contributed by atoms with Crippen LogP contribution in [0.15, 0.2) is 71.9 Å². The average Bonchev–Trinajstić information content (AvgIpc) is 2.62. The van der Waals surface area contributed by atoms with Crippen LogP contribution in [0, 0.1) is 0 Å². The van der Waals surface area contributed by atoms with Gasteiger partial charge in [-0.05, 0) is 32.3 Å². The lowest BCUT2D eigenvalue weighted by atomic mass is 10.0. The van der Waals surface area contributed by atoms with Gasteiger partial charge in [0.2, 0.25) is 0 Å². The van der Waals surface area contributed by atoms with Crippen molar-refractivity contribution in [3.05, 3.63) is 71.9 Å². The first-order valence-corrected chi connectivity index (χ1v) is 5.64. The third-order valence-corrected chi connectivity index (χ3v) is 2.51. The van der Waals surface area contributed by atoms with Gasteiger partial charge >= 0.3 is 0 Å². The van der Waals surface area contributed by atoms with Gasteiger partial charge in [-0.1, -0.05) is 66.3 Å². The van der Waals surface area contributed by atoms with Crippen molar-refractivity contribution in [3.63, 3.8) is 0 Å². The molecule has 0 bridgehead atoms. The third kappa shape index (κ3) is 3.90. The van der Waals surface area contributed by atoms with E-state index in [-0.39, 0.29) is 0 Å². The fourth-order valence-corrected chi connectivity index (χ4v) is 1.74. The summed E-state index contributed by atoms with van der Waals surface area (Å²) < 4.78 is 0. The van der Waals surface area contributed by atoms with Crippen molar-refractivity contribution in [1.82, 2.24) is 0 Å². The highest BCUT2D eigenvalue weighted by atomic mass is 14.1. The highest BCUT2D eigenvalue weighted by Gasteiger charge is 2.06. The van der Waals surface area contributed by atoms with E-state index in [0.717, 1.165) is 18.4 Å². The molecule has 0 spiro atoms. The maximum Gasteiger partial charge on any atom is -0.00960 e. The molecular formula is C16H20. The number of hydrogen-bond acceptors (Lipinski definition) is 0. The van der Waals surface area contributed by atoms with Crippen LogP contribution >= 0.6 is 0 Å². The van der Waals surface area contributed by atoms with Gasteiger partial charge in [0.05, 0.1) is 0 Å². The molecule has 1 rings (SSSR count). The summed E-state index contributed by atoms with van der Waals surface area (Å²) in [5.41, 5.74) is 5.26. The minimum Gasteiger partial charge on any atom is -0.0991 e. The summed E-state index contributed by atoms with van der Waals surface area (Å²) >= 11 is 0. The summed E-state index contributed by atoms with van der Waals surface area (Å²) in [4.78, 5) is 0. The fraction of sp³-hybridized carbons (Fsp3) is 0.250. The summed E-state index contributed by atoms with van der Waals surface area (Å²) in [6, 6.07) is 0. The van der Waals surface area contributed by atoms with E-state index in [1.54, 1.807) is 0 Å². The van der Waals surface area contributed by atoms with Crippen LogP contribution in [-0.4, -0.2) is 0 Å². The first-order valence-electron chi connectivity index (χ1n) is 5.64. The summed E-state index contributed by atoms with van der Waals surface area (Å²) in [5.74, 6) is 0. The zero-order valence-corrected chi connectivity index (χ0v) is 10.3. The molecule has 0 atom stereocenters. The van der Waals surface area contributed by atoms with Crippen molar-refractivity contribution in [2.45, 2.75) is 26.7 Å². The van der Waals surface area contributed by atoms with E-state index in [1.807, 2.05) is 13.0 Å². The molecule has 0 saturated carbocycles. The average molecular weight is 212 g/mol. The van der Waals surface area contributed by atoms with Gasteiger partial charge in [-0.2, -0.15) is 0 Å². The van der Waals surface area contributed by atoms with Crippen LogP contribution < -0.4 is 0 Å². The van der Waals surface area contributed by atoms with E-state index in [9.17, 15) is 0 Å². The van der Waals surface area contributed by atoms with Crippen LogP contribution in [0.25, 0.3) is 0 Å². The Morgan fingerprint density at radius 3 is 2.81 bits per heavy atom. The Hall–Kier alpha value is -1.56. The smallest absolute Gasteiger partial charge is 0.00960 e. The third-order valence-electron chi connectivity index (χ3n) is 2.51. The number of allylic oxidation sites excluding steroid dienone is 10. The fourth-order valence-electron chi connectivity index (χ4n) is 1.74. The molecule has 0 aromatic heterocycles. The molecule has 0 N–H and O–H groups in total. The lowest BCUT2D eigenvalue weighted by molar-refractivity contribution is 1.05. The first-order chi connectivity index (χ1) is 7.63. The maximum absolute atomic E-state index is 3.87. The van der Waals surface area contributed by atoms with E-state index in [2.05, 4.69) is 50.5 Å². The SMILES string of the molecule is C=CC=C(C)CC1=C(C=CC(=C)C)C=CC1. The van der Waals surface area contributed by atoms with E-state index in [0.29, 0.717) is 0 Å². The van der Waals surface area contributed by atoms with Crippen LogP contribution in [0.2, 0.25) is 0 Å². The first kappa shape index (κ1) is 12.5. The van der Waals surface area contributed by atoms with E-state index < -0.39 is 0 Å². The zero-order chi connectivity index (χ0) is 12.0. The normalized spacial score (nSPS) is 16.2. The van der Waals surface area contributed by atoms with Crippen LogP contribution in [0.3, 0.4) is 0 Å². The van der Waals surface area contributed by atoms with Gasteiger partial charge in [-0.25, -0.2) is 0 Å². The van der Waals surface area contributed by atoms with Gasteiger partial charge in [-0.3, -0.25) is 0 Å². The Morgan fingerprint density at radius 2 is 2.19 bits per heavy atom. The molecule has 0 nitrogen and oxygen atoms in total. The molecule has 0 heteroatoms. The molecule has 0 fully saturated rings. The summed E-state index contributed by atoms with van der Waals surface area (Å²) in [6.07, 6.45) is 14.7. The lowest BCUT2D eigenvalue weighted by Crippen LogP contribution is -1.85. The Morgan fingerprint density at radius 1 is 1.44 bits per heavy atom. The molecule has 16 heavy (non-hydrogen) atoms. The molecule has 0 unspecified atom stereocenters. The summed E-state index contributed by atoms with van der Waals surface area (Å²) in [6.45, 7) is 11.8. The van der Waals surface area contributed by atoms with Crippen molar-refractivity contribution >= 4 is 0 Å². The van der Waals surface area contributed by atoms with Gasteiger partial charge in [0.25, 0.3) is 0 Å². The van der Waals surface area contributed by atoms with Gasteiger partial charge in [0.15, 0.2) is 0 Å². The van der Waals surface area contributed by atoms with E-state index in [1.165, 1.54) is 16.7 Å². The summed E-state index contributed by atoms with van der Waals surface area (Å²) in [5, 5.41) is 0. The molecule has 0 radical (unpaired) electrons. The Balaban J connectivity index is 2.78. The standard InChI is InChI=1S/C16H20/c1-5-7-14(4)12-16-9-6-8-15(16)11-10-13(2)3/h5-8,10-11H,1-2,9,12H2,3-4H3. The van der Waals surface area contributed by atoms with Crippen molar-refractivity contribution in [2.75, 3.05) is 0 Å². The Labute approximate surface area is 99.1 Å². The molecule has 0 heterocycles. The predicted molar refractivity (Wildman–Crippen MR) is 73.3 cm³/mol. The Kier molecular flexibility index (Phi) is 4.78. The Bertz CT molecular complexity index is 398. The maximum atomic E-state index is 3.87. The monoisotopic (exact) mass is 212 g/mol. The molecule has 0 aromatic rings. The second-order valence-corrected chi connectivity index (χ2v) is 4.27. The van der Waals surface area contributed by atoms with Crippen molar-refractivity contribution in [2.24, 2.45) is 0 Å². The van der Waals surface area contributed by atoms with Crippen LogP contribution in [0.1, 0.15) is 26.7 Å². The van der Waals surface area contributed by atoms with Crippen molar-refractivity contribution in [1.29, 1.82) is 0 Å². The molecule has 0 aromatic carbocycles. The van der Waals surface area contributed by atoms with Crippen molar-refractivity contribution < 1.29 is 0 Å². The van der Waals surface area contributed by atoms with Crippen molar-refractivity contribution in [3.8, 4) is 0 Å². The van der Waals surface area contributed by atoms with Crippen LogP contribution in [0.5, 0.6) is 0 Å². The molecular weight excluding hydrogens is 192 g/mol. The number of rotatable bonds is 5. The molecule has 1 aliphatic rings. The van der Waals surface area contributed by atoms with Gasteiger partial charge in [0, 0.05) is 0 Å². The van der Waals surface area contributed by atoms with Gasteiger partial charge in [-0.15, -0.1) is 0 Å². The highest BCUT2D eigenvalue weighted by Crippen LogP contribution is 2.26. The predicted octanol–water partition coefficient (Wildman–Crippen LogP) is 4.90. The second kappa shape index (κ2) is 6.12. The summed E-state index contributed by atoms with van der Waals surface area (Å²) in [7, 11) is 0. The molecule has 84 valence electrons. The highest BCUT2D eigenvalue weighted by molar-refractivity contribution is 5.44. The number of hydrogen-bond donors (Lipinski definition) is 0. The van der Waals surface area contributed by atoms with Crippen LogP contribution in [0.4, 0.5) is 0 Å².